The molecule has 0 N–H and O–H groups in total. The molecule has 0 saturated heterocycles. The molecule has 0 aromatic carbocycles. The molecule has 0 saturated carbocycles. The van der Waals surface area contributed by atoms with Gasteiger partial charge in [0.15, 0.2) is 12.6 Å². The molecule has 0 heterocycles. The first kappa shape index (κ1) is 23.1. The zero-order valence-electron chi connectivity index (χ0n) is 12.3. The fraction of sp³-hybridized carbons (Fsp3) is 0.917. The highest BCUT2D eigenvalue weighted by atomic mass is 79.9. The van der Waals surface area contributed by atoms with E-state index < -0.39 is 0 Å². The van der Waals surface area contributed by atoms with Crippen LogP contribution in [0.5, 0.6) is 0 Å². The standard InChI is InChI=1S/C6H14O2.C4H10O2.C2H3BrO/c1-4-7-6(3)8-5-2;1-4(5-2)6-3;3-1-2-4/h6H,4-5H2,1-3H3;4H,1-3H3;2H,1H2. The molecule has 0 bridgehead atoms. The molecule has 0 radical (unpaired) electrons. The van der Waals surface area contributed by atoms with Crippen molar-refractivity contribution in [2.24, 2.45) is 0 Å². The van der Waals surface area contributed by atoms with Gasteiger partial charge in [-0.15, -0.1) is 0 Å². The molecule has 0 atom stereocenters. The first-order chi connectivity index (χ1) is 8.53. The van der Waals surface area contributed by atoms with E-state index in [1.807, 2.05) is 27.7 Å². The van der Waals surface area contributed by atoms with E-state index >= 15 is 0 Å². The maximum Gasteiger partial charge on any atom is 0.154 e. The number of carbonyl (C=O) groups excluding carboxylic acids is 1. The minimum Gasteiger partial charge on any atom is -0.356 e. The van der Waals surface area contributed by atoms with Gasteiger partial charge in [0.25, 0.3) is 0 Å². The van der Waals surface area contributed by atoms with Crippen molar-refractivity contribution in [3.05, 3.63) is 0 Å². The lowest BCUT2D eigenvalue weighted by molar-refractivity contribution is -0.123. The lowest BCUT2D eigenvalue weighted by Gasteiger charge is -2.09. The molecule has 0 aliphatic carbocycles. The van der Waals surface area contributed by atoms with Gasteiger partial charge < -0.3 is 23.7 Å². The normalized spacial score (nSPS) is 9.39. The average molecular weight is 331 g/mol. The lowest BCUT2D eigenvalue weighted by atomic mass is 10.7. The SMILES string of the molecule is CCOC(C)OCC.COC(C)OC.O=CCBr. The number of carbonyl (C=O) groups is 1. The molecule has 18 heavy (non-hydrogen) atoms. The van der Waals surface area contributed by atoms with Crippen molar-refractivity contribution in [1.82, 2.24) is 0 Å². The summed E-state index contributed by atoms with van der Waals surface area (Å²) in [5.74, 6) is 0. The molecule has 0 amide bonds. The Labute approximate surface area is 119 Å². The van der Waals surface area contributed by atoms with Crippen LogP contribution in [0.2, 0.25) is 0 Å². The van der Waals surface area contributed by atoms with Crippen LogP contribution in [-0.2, 0) is 23.7 Å². The van der Waals surface area contributed by atoms with E-state index in [1.54, 1.807) is 14.2 Å². The van der Waals surface area contributed by atoms with Gasteiger partial charge >= 0.3 is 0 Å². The number of rotatable bonds is 7. The van der Waals surface area contributed by atoms with Gasteiger partial charge in [0.2, 0.25) is 0 Å². The molecule has 0 unspecified atom stereocenters. The van der Waals surface area contributed by atoms with Gasteiger partial charge in [0.1, 0.15) is 6.29 Å². The van der Waals surface area contributed by atoms with Crippen molar-refractivity contribution in [3.63, 3.8) is 0 Å². The van der Waals surface area contributed by atoms with Crippen LogP contribution in [0.1, 0.15) is 27.7 Å². The Morgan fingerprint density at radius 3 is 1.44 bits per heavy atom. The minimum atomic E-state index is -0.0648. The van der Waals surface area contributed by atoms with E-state index in [0.717, 1.165) is 19.5 Å². The molecule has 0 rings (SSSR count). The van der Waals surface area contributed by atoms with Crippen LogP contribution < -0.4 is 0 Å². The summed E-state index contributed by atoms with van der Waals surface area (Å²) in [6, 6.07) is 0. The molecule has 5 nitrogen and oxygen atoms in total. The van der Waals surface area contributed by atoms with E-state index in [-0.39, 0.29) is 12.6 Å². The van der Waals surface area contributed by atoms with Gasteiger partial charge in [-0.3, -0.25) is 0 Å². The molecule has 0 aromatic rings. The first-order valence-corrected chi connectivity index (χ1v) is 6.94. The van der Waals surface area contributed by atoms with Crippen molar-refractivity contribution in [1.29, 1.82) is 0 Å². The van der Waals surface area contributed by atoms with Gasteiger partial charge in [-0.1, -0.05) is 15.9 Å². The summed E-state index contributed by atoms with van der Waals surface area (Å²) in [6.45, 7) is 9.08. The summed E-state index contributed by atoms with van der Waals surface area (Å²) < 4.78 is 19.5. The van der Waals surface area contributed by atoms with E-state index in [4.69, 9.17) is 14.3 Å². The Kier molecular flexibility index (Phi) is 28.5. The summed E-state index contributed by atoms with van der Waals surface area (Å²) >= 11 is 2.88. The molecule has 0 aliphatic rings. The third-order valence-electron chi connectivity index (χ3n) is 1.53. The Hall–Kier alpha value is -0.0100. The second-order valence-corrected chi connectivity index (χ2v) is 3.49. The molecule has 112 valence electrons. The Balaban J connectivity index is -0.000000200. The van der Waals surface area contributed by atoms with E-state index in [2.05, 4.69) is 25.4 Å². The van der Waals surface area contributed by atoms with Gasteiger partial charge in [-0.25, -0.2) is 0 Å². The molecular formula is C12H27BrO5. The smallest absolute Gasteiger partial charge is 0.154 e. The van der Waals surface area contributed by atoms with Crippen molar-refractivity contribution < 1.29 is 23.7 Å². The third kappa shape index (κ3) is 29.7. The number of aldehydes is 1. The second-order valence-electron chi connectivity index (χ2n) is 2.84. The van der Waals surface area contributed by atoms with Crippen LogP contribution in [0.4, 0.5) is 0 Å². The summed E-state index contributed by atoms with van der Waals surface area (Å²) in [5, 5.41) is 0.451. The van der Waals surface area contributed by atoms with E-state index in [9.17, 15) is 0 Å². The van der Waals surface area contributed by atoms with Gasteiger partial charge in [0.05, 0.1) is 5.33 Å². The van der Waals surface area contributed by atoms with Crippen molar-refractivity contribution >= 4 is 22.2 Å². The average Bonchev–Trinajstić information content (AvgIpc) is 2.39. The zero-order chi connectivity index (χ0) is 14.8. The third-order valence-corrected chi connectivity index (χ3v) is 1.79. The van der Waals surface area contributed by atoms with Crippen LogP contribution in [0.15, 0.2) is 0 Å². The van der Waals surface area contributed by atoms with Crippen LogP contribution >= 0.6 is 15.9 Å². The summed E-state index contributed by atoms with van der Waals surface area (Å²) in [6.07, 6.45) is 0.690. The van der Waals surface area contributed by atoms with Crippen LogP contribution in [-0.4, -0.2) is 51.6 Å². The Bertz CT molecular complexity index is 136. The number of hydrogen-bond donors (Lipinski definition) is 0. The summed E-state index contributed by atoms with van der Waals surface area (Å²) in [7, 11) is 3.21. The Morgan fingerprint density at radius 2 is 1.33 bits per heavy atom. The number of alkyl halides is 1. The van der Waals surface area contributed by atoms with Crippen molar-refractivity contribution in [3.8, 4) is 0 Å². The Morgan fingerprint density at radius 1 is 1.00 bits per heavy atom. The fourth-order valence-electron chi connectivity index (χ4n) is 0.614. The van der Waals surface area contributed by atoms with Crippen LogP contribution in [0.3, 0.4) is 0 Å². The monoisotopic (exact) mass is 330 g/mol. The number of hydrogen-bond acceptors (Lipinski definition) is 5. The topological polar surface area (TPSA) is 54.0 Å². The largest absolute Gasteiger partial charge is 0.356 e. The zero-order valence-corrected chi connectivity index (χ0v) is 13.9. The predicted molar refractivity (Wildman–Crippen MR) is 76.1 cm³/mol. The van der Waals surface area contributed by atoms with Crippen LogP contribution in [0, 0.1) is 0 Å². The van der Waals surface area contributed by atoms with Gasteiger partial charge in [-0.2, -0.15) is 0 Å². The van der Waals surface area contributed by atoms with E-state index in [0.29, 0.717) is 5.33 Å². The second kappa shape index (κ2) is 22.2. The van der Waals surface area contributed by atoms with Gasteiger partial charge in [-0.05, 0) is 27.7 Å². The van der Waals surface area contributed by atoms with Crippen LogP contribution in [0.25, 0.3) is 0 Å². The quantitative estimate of drug-likeness (QED) is 0.408. The molecule has 0 fully saturated rings. The first-order valence-electron chi connectivity index (χ1n) is 5.82. The number of methoxy groups -OCH3 is 2. The number of ether oxygens (including phenoxy) is 4. The molecular weight excluding hydrogens is 304 g/mol. The predicted octanol–water partition coefficient (Wildman–Crippen LogP) is 2.61. The van der Waals surface area contributed by atoms with Crippen molar-refractivity contribution in [2.75, 3.05) is 32.8 Å². The van der Waals surface area contributed by atoms with Gasteiger partial charge in [0, 0.05) is 27.4 Å². The number of halogens is 1. The molecule has 6 heteroatoms. The fourth-order valence-corrected chi connectivity index (χ4v) is 0.614. The molecule has 0 spiro atoms. The minimum absolute atomic E-state index is 0.0370. The highest BCUT2D eigenvalue weighted by Crippen LogP contribution is 1.90. The summed E-state index contributed by atoms with van der Waals surface area (Å²) in [4.78, 5) is 9.13. The maximum atomic E-state index is 9.13. The van der Waals surface area contributed by atoms with E-state index in [1.165, 1.54) is 0 Å². The highest BCUT2D eigenvalue weighted by molar-refractivity contribution is 9.09. The van der Waals surface area contributed by atoms with Crippen molar-refractivity contribution in [2.45, 2.75) is 40.3 Å². The summed E-state index contributed by atoms with van der Waals surface area (Å²) in [5.41, 5.74) is 0. The highest BCUT2D eigenvalue weighted by Gasteiger charge is 1.94. The molecule has 0 aromatic heterocycles. The maximum absolute atomic E-state index is 9.13. The lowest BCUT2D eigenvalue weighted by Crippen LogP contribution is -2.11. The molecule has 0 aliphatic heterocycles.